The molecule has 2 heterocycles. The maximum absolute atomic E-state index is 13.4. The summed E-state index contributed by atoms with van der Waals surface area (Å²) in [7, 11) is -1.20. The van der Waals surface area contributed by atoms with E-state index in [1.807, 2.05) is 16.7 Å². The van der Waals surface area contributed by atoms with Gasteiger partial charge in [0.1, 0.15) is 15.9 Å². The van der Waals surface area contributed by atoms with Crippen molar-refractivity contribution in [3.05, 3.63) is 0 Å². The molecule has 1 N–H and O–H groups in total. The van der Waals surface area contributed by atoms with Gasteiger partial charge >= 0.3 is 12.2 Å². The van der Waals surface area contributed by atoms with Crippen LogP contribution in [-0.4, -0.2) is 93.9 Å². The fourth-order valence-electron chi connectivity index (χ4n) is 7.50. The number of rotatable bonds is 4. The molecule has 0 radical (unpaired) electrons. The lowest BCUT2D eigenvalue weighted by Gasteiger charge is -2.54. The number of nitrogens with zero attached hydrogens (tertiary/aromatic N) is 2. The molecule has 8 atom stereocenters. The van der Waals surface area contributed by atoms with Crippen LogP contribution < -0.4 is 5.32 Å². The van der Waals surface area contributed by atoms with E-state index >= 15 is 0 Å². The summed E-state index contributed by atoms with van der Waals surface area (Å²) in [6, 6.07) is -0.0488. The van der Waals surface area contributed by atoms with Crippen LogP contribution >= 0.6 is 0 Å². The second-order valence-corrected chi connectivity index (χ2v) is 15.0. The van der Waals surface area contributed by atoms with Crippen LogP contribution in [0, 0.1) is 23.7 Å². The monoisotopic (exact) mass is 571 g/mol. The van der Waals surface area contributed by atoms with E-state index in [1.165, 1.54) is 39.2 Å². The van der Waals surface area contributed by atoms with Crippen LogP contribution in [0.3, 0.4) is 0 Å². The van der Waals surface area contributed by atoms with Gasteiger partial charge in [0.25, 0.3) is 0 Å². The molecular weight excluding hydrogens is 518 g/mol. The van der Waals surface area contributed by atoms with Gasteiger partial charge in [-0.2, -0.15) is 0 Å². The van der Waals surface area contributed by atoms with Crippen LogP contribution in [0.2, 0.25) is 0 Å². The van der Waals surface area contributed by atoms with Gasteiger partial charge in [0.15, 0.2) is 0 Å². The number of carbonyl (C=O) groups is 2. The smallest absolute Gasteiger partial charge is 0.410 e. The molecule has 4 aliphatic rings. The first kappa shape index (κ1) is 32.0. The number of piperazine rings is 1. The molecule has 0 spiro atoms. The zero-order valence-corrected chi connectivity index (χ0v) is 25.9. The summed E-state index contributed by atoms with van der Waals surface area (Å²) in [5, 5.41) is 3.34. The number of hydrogen-bond donors (Lipinski definition) is 1. The average molecular weight is 572 g/mol. The van der Waals surface area contributed by atoms with Crippen molar-refractivity contribution in [2.24, 2.45) is 23.7 Å². The minimum absolute atomic E-state index is 0.0124. The first-order chi connectivity index (χ1) is 18.4. The molecule has 2 amide bonds. The molecule has 4 rings (SSSR count). The zero-order valence-electron chi connectivity index (χ0n) is 25.1. The zero-order chi connectivity index (χ0) is 28.7. The second-order valence-electron chi connectivity index (χ2n) is 12.7. The highest BCUT2D eigenvalue weighted by Gasteiger charge is 2.49. The predicted octanol–water partition coefficient (Wildman–Crippen LogP) is 4.70. The first-order valence-corrected chi connectivity index (χ1v) is 17.4. The molecule has 10 heteroatoms. The van der Waals surface area contributed by atoms with E-state index in [1.54, 1.807) is 0 Å². The van der Waals surface area contributed by atoms with Gasteiger partial charge in [0.05, 0.1) is 25.2 Å². The van der Waals surface area contributed by atoms with Gasteiger partial charge in [-0.15, -0.1) is 0 Å². The highest BCUT2D eigenvalue weighted by molar-refractivity contribution is 7.89. The summed E-state index contributed by atoms with van der Waals surface area (Å²) in [4.78, 5) is 30.0. The Kier molecular flexibility index (Phi) is 11.8. The summed E-state index contributed by atoms with van der Waals surface area (Å²) in [6.07, 6.45) is 13.4. The van der Waals surface area contributed by atoms with Gasteiger partial charge in [-0.3, -0.25) is 4.90 Å². The van der Waals surface area contributed by atoms with Crippen LogP contribution in [0.4, 0.5) is 9.59 Å². The number of fused-ring (bicyclic) bond motifs is 1. The minimum Gasteiger partial charge on any atom is -0.453 e. The quantitative estimate of drug-likeness (QED) is 0.522. The number of amides is 2. The number of sulfone groups is 1. The molecule has 0 aromatic carbocycles. The maximum atomic E-state index is 13.4. The number of methoxy groups -OCH3 is 1. The van der Waals surface area contributed by atoms with Gasteiger partial charge < -0.3 is 19.7 Å². The molecule has 2 saturated carbocycles. The molecule has 2 aliphatic heterocycles. The van der Waals surface area contributed by atoms with Crippen LogP contribution in [0.25, 0.3) is 0 Å². The van der Waals surface area contributed by atoms with Gasteiger partial charge in [-0.05, 0) is 82.1 Å². The SMILES string of the molecule is CCCC1CC(C2CCC3C(C2)N(C(=O)OC2CCCNC2)CC(C)N3C(=O)OC)CCC1C.CS(C)(=O)=O. The third-order valence-corrected chi connectivity index (χ3v) is 9.38. The number of piperidine rings is 1. The van der Waals surface area contributed by atoms with Crippen molar-refractivity contribution in [2.75, 3.05) is 39.3 Å². The van der Waals surface area contributed by atoms with E-state index in [-0.39, 0.29) is 36.4 Å². The molecule has 8 unspecified atom stereocenters. The molecule has 9 nitrogen and oxygen atoms in total. The van der Waals surface area contributed by atoms with Crippen LogP contribution in [0.15, 0.2) is 0 Å². The van der Waals surface area contributed by atoms with E-state index in [9.17, 15) is 18.0 Å². The molecule has 0 bridgehead atoms. The van der Waals surface area contributed by atoms with E-state index < -0.39 is 9.84 Å². The van der Waals surface area contributed by atoms with E-state index in [0.29, 0.717) is 12.5 Å². The summed E-state index contributed by atoms with van der Waals surface area (Å²) in [5.41, 5.74) is 0. The average Bonchev–Trinajstić information content (AvgIpc) is 2.88. The summed E-state index contributed by atoms with van der Waals surface area (Å²) >= 11 is 0. The third-order valence-electron chi connectivity index (χ3n) is 9.38. The number of carbonyl (C=O) groups excluding carboxylic acids is 2. The van der Waals surface area contributed by atoms with E-state index in [2.05, 4.69) is 19.2 Å². The molecule has 0 aromatic rings. The number of nitrogens with one attached hydrogen (secondary N) is 1. The van der Waals surface area contributed by atoms with Crippen molar-refractivity contribution >= 4 is 22.0 Å². The predicted molar refractivity (Wildman–Crippen MR) is 153 cm³/mol. The fraction of sp³-hybridized carbons (Fsp3) is 0.931. The summed E-state index contributed by atoms with van der Waals surface area (Å²) < 4.78 is 30.4. The Bertz CT molecular complexity index is 901. The lowest BCUT2D eigenvalue weighted by Crippen LogP contribution is -2.67. The molecular formula is C29H53N3O6S. The van der Waals surface area contributed by atoms with E-state index in [4.69, 9.17) is 9.47 Å². The van der Waals surface area contributed by atoms with Crippen molar-refractivity contribution < 1.29 is 27.5 Å². The normalized spacial score (nSPS) is 35.2. The third kappa shape index (κ3) is 8.97. The Morgan fingerprint density at radius 3 is 2.23 bits per heavy atom. The lowest BCUT2D eigenvalue weighted by atomic mass is 9.64. The van der Waals surface area contributed by atoms with Gasteiger partial charge in [0.2, 0.25) is 0 Å². The summed E-state index contributed by atoms with van der Waals surface area (Å²) in [5.74, 6) is 3.01. The van der Waals surface area contributed by atoms with Gasteiger partial charge in [-0.1, -0.05) is 33.1 Å². The van der Waals surface area contributed by atoms with Crippen LogP contribution in [0.1, 0.15) is 85.0 Å². The van der Waals surface area contributed by atoms with Crippen molar-refractivity contribution in [1.82, 2.24) is 15.1 Å². The Morgan fingerprint density at radius 2 is 1.62 bits per heavy atom. The number of hydrogen-bond acceptors (Lipinski definition) is 7. The molecule has 2 saturated heterocycles. The van der Waals surface area contributed by atoms with Gasteiger partial charge in [-0.25, -0.2) is 18.0 Å². The largest absolute Gasteiger partial charge is 0.453 e. The molecule has 4 fully saturated rings. The molecule has 226 valence electrons. The topological polar surface area (TPSA) is 105 Å². The van der Waals surface area contributed by atoms with Crippen molar-refractivity contribution in [2.45, 2.75) is 109 Å². The maximum Gasteiger partial charge on any atom is 0.410 e. The van der Waals surface area contributed by atoms with Crippen molar-refractivity contribution in [3.8, 4) is 0 Å². The number of ether oxygens (including phenoxy) is 2. The first-order valence-electron chi connectivity index (χ1n) is 15.1. The Balaban J connectivity index is 0.000000771. The molecule has 2 aliphatic carbocycles. The standard InChI is InChI=1S/C27H47N3O4.C2H6O2S/c1-5-7-20-14-21(10-9-18(20)2)22-11-12-24-25(15-22)29(17-19(3)30(24)27(32)33-4)26(31)34-23-8-6-13-28-16-23;1-5(2,3)4/h18-25,28H,5-17H2,1-4H3;1-2H3. The highest BCUT2D eigenvalue weighted by atomic mass is 32.2. The Labute approximate surface area is 236 Å². The second kappa shape index (κ2) is 14.4. The van der Waals surface area contributed by atoms with Crippen LogP contribution in [0.5, 0.6) is 0 Å². The molecule has 39 heavy (non-hydrogen) atoms. The fourth-order valence-corrected chi connectivity index (χ4v) is 7.50. The lowest BCUT2D eigenvalue weighted by molar-refractivity contribution is -0.0522. The Morgan fingerprint density at radius 1 is 0.949 bits per heavy atom. The summed E-state index contributed by atoms with van der Waals surface area (Å²) in [6.45, 7) is 9.01. The highest BCUT2D eigenvalue weighted by Crippen LogP contribution is 2.46. The van der Waals surface area contributed by atoms with Gasteiger partial charge in [0, 0.05) is 25.6 Å². The molecule has 0 aromatic heterocycles. The Hall–Kier alpha value is -1.55. The van der Waals surface area contributed by atoms with Crippen molar-refractivity contribution in [1.29, 1.82) is 0 Å². The minimum atomic E-state index is -2.67. The van der Waals surface area contributed by atoms with Crippen LogP contribution in [-0.2, 0) is 19.3 Å². The van der Waals surface area contributed by atoms with E-state index in [0.717, 1.165) is 75.5 Å². The van der Waals surface area contributed by atoms with Crippen molar-refractivity contribution in [3.63, 3.8) is 0 Å².